The Kier molecular flexibility index (Phi) is 10.5. The zero-order chi connectivity index (χ0) is 27.3. The first kappa shape index (κ1) is 28.0. The summed E-state index contributed by atoms with van der Waals surface area (Å²) in [6, 6.07) is 22.6. The van der Waals surface area contributed by atoms with Crippen molar-refractivity contribution in [3.05, 3.63) is 96.1 Å². The first-order valence-electron chi connectivity index (χ1n) is 12.0. The van der Waals surface area contributed by atoms with Crippen LogP contribution in [0.5, 0.6) is 0 Å². The Hall–Kier alpha value is -4.54. The van der Waals surface area contributed by atoms with Crippen molar-refractivity contribution in [1.82, 2.24) is 10.6 Å². The Labute approximate surface area is 220 Å². The lowest BCUT2D eigenvalue weighted by Crippen LogP contribution is -2.39. The minimum Gasteiger partial charge on any atom is -0.480 e. The first-order valence-corrected chi connectivity index (χ1v) is 12.0. The lowest BCUT2D eigenvalue weighted by Gasteiger charge is -2.15. The number of carboxylic acid groups (broad SMARTS) is 2. The summed E-state index contributed by atoms with van der Waals surface area (Å²) in [6.07, 6.45) is -0.541. The molecular formula is C28H30N4O6. The van der Waals surface area contributed by atoms with E-state index in [1.165, 1.54) is 0 Å². The fourth-order valence-electron chi connectivity index (χ4n) is 3.60. The Morgan fingerprint density at radius 2 is 0.895 bits per heavy atom. The van der Waals surface area contributed by atoms with Crippen molar-refractivity contribution in [2.75, 3.05) is 10.6 Å². The van der Waals surface area contributed by atoms with Gasteiger partial charge in [0, 0.05) is 24.5 Å². The molecule has 2 atom stereocenters. The van der Waals surface area contributed by atoms with Gasteiger partial charge < -0.3 is 20.8 Å². The van der Waals surface area contributed by atoms with E-state index in [0.29, 0.717) is 24.5 Å². The smallest absolute Gasteiger partial charge is 0.321 e. The van der Waals surface area contributed by atoms with Gasteiger partial charge in [-0.2, -0.15) is 0 Å². The van der Waals surface area contributed by atoms with E-state index in [2.05, 4.69) is 21.3 Å². The van der Waals surface area contributed by atoms with Crippen LogP contribution in [0.25, 0.3) is 0 Å². The second-order valence-electron chi connectivity index (χ2n) is 8.60. The highest BCUT2D eigenvalue weighted by Gasteiger charge is 2.22. The third-order valence-corrected chi connectivity index (χ3v) is 5.62. The van der Waals surface area contributed by atoms with Gasteiger partial charge in [-0.25, -0.2) is 0 Å². The molecular weight excluding hydrogens is 488 g/mol. The normalized spacial score (nSPS) is 12.2. The number of amides is 2. The van der Waals surface area contributed by atoms with Crippen LogP contribution in [0.4, 0.5) is 11.4 Å². The number of rotatable bonds is 14. The van der Waals surface area contributed by atoms with Crippen molar-refractivity contribution >= 4 is 35.1 Å². The summed E-state index contributed by atoms with van der Waals surface area (Å²) in [5.74, 6) is -3.23. The summed E-state index contributed by atoms with van der Waals surface area (Å²) < 4.78 is 0. The molecule has 0 fully saturated rings. The van der Waals surface area contributed by atoms with Gasteiger partial charge in [0.1, 0.15) is 12.1 Å². The molecule has 0 spiro atoms. The topological polar surface area (TPSA) is 157 Å². The highest BCUT2D eigenvalue weighted by Crippen LogP contribution is 2.15. The van der Waals surface area contributed by atoms with Crippen LogP contribution in [0.1, 0.15) is 24.0 Å². The zero-order valence-electron chi connectivity index (χ0n) is 20.6. The minimum atomic E-state index is -1.13. The molecule has 0 saturated carbocycles. The fourth-order valence-corrected chi connectivity index (χ4v) is 3.60. The van der Waals surface area contributed by atoms with Crippen LogP contribution in [0.3, 0.4) is 0 Å². The predicted molar refractivity (Wildman–Crippen MR) is 142 cm³/mol. The summed E-state index contributed by atoms with van der Waals surface area (Å²) in [5, 5.41) is 29.9. The number of nitrogens with one attached hydrogen (secondary N) is 4. The summed E-state index contributed by atoms with van der Waals surface area (Å²) in [4.78, 5) is 47.9. The van der Waals surface area contributed by atoms with Crippen molar-refractivity contribution < 1.29 is 29.4 Å². The highest BCUT2D eigenvalue weighted by atomic mass is 16.4. The first-order chi connectivity index (χ1) is 18.3. The Bertz CT molecular complexity index is 1120. The molecule has 38 heavy (non-hydrogen) atoms. The highest BCUT2D eigenvalue weighted by molar-refractivity contribution is 5.96. The zero-order valence-corrected chi connectivity index (χ0v) is 20.6. The molecule has 0 aromatic heterocycles. The maximum absolute atomic E-state index is 12.4. The molecule has 0 aliphatic rings. The second kappa shape index (κ2) is 14.3. The van der Waals surface area contributed by atoms with E-state index in [9.17, 15) is 29.4 Å². The van der Waals surface area contributed by atoms with Crippen LogP contribution in [-0.2, 0) is 32.3 Å². The van der Waals surface area contributed by atoms with Crippen molar-refractivity contribution in [2.45, 2.75) is 38.0 Å². The molecule has 0 bridgehead atoms. The van der Waals surface area contributed by atoms with Crippen molar-refractivity contribution in [1.29, 1.82) is 0 Å². The van der Waals surface area contributed by atoms with Gasteiger partial charge in [-0.3, -0.25) is 29.8 Å². The van der Waals surface area contributed by atoms with Gasteiger partial charge in [0.05, 0.1) is 12.8 Å². The van der Waals surface area contributed by atoms with E-state index in [1.54, 1.807) is 24.3 Å². The van der Waals surface area contributed by atoms with Gasteiger partial charge in [-0.15, -0.1) is 0 Å². The maximum atomic E-state index is 12.4. The molecule has 0 heterocycles. The quantitative estimate of drug-likeness (QED) is 0.190. The van der Waals surface area contributed by atoms with Crippen molar-refractivity contribution in [2.24, 2.45) is 0 Å². The largest absolute Gasteiger partial charge is 0.480 e. The van der Waals surface area contributed by atoms with E-state index < -0.39 is 35.8 Å². The molecule has 0 radical (unpaired) electrons. The van der Waals surface area contributed by atoms with Gasteiger partial charge in [0.25, 0.3) is 0 Å². The predicted octanol–water partition coefficient (Wildman–Crippen LogP) is 2.83. The summed E-state index contributed by atoms with van der Waals surface area (Å²) >= 11 is 0. The number of carbonyl (C=O) groups excluding carboxylic acids is 2. The number of hydrogen-bond donors (Lipinski definition) is 6. The van der Waals surface area contributed by atoms with E-state index >= 15 is 0 Å². The molecule has 0 aliphatic carbocycles. The van der Waals surface area contributed by atoms with E-state index in [0.717, 1.165) is 11.1 Å². The summed E-state index contributed by atoms with van der Waals surface area (Å²) in [5.41, 5.74) is 2.65. The van der Waals surface area contributed by atoms with E-state index in [1.807, 2.05) is 60.7 Å². The summed E-state index contributed by atoms with van der Waals surface area (Å²) in [7, 11) is 0. The van der Waals surface area contributed by atoms with Crippen LogP contribution in [0.15, 0.2) is 84.9 Å². The SMILES string of the molecule is O=C(C[C@H](NCc1ccccc1)C(=O)O)Nc1ccc(NC(=O)C[C@H](NCc2ccccc2)C(=O)O)cc1. The number of aliphatic carboxylic acids is 2. The number of hydrogen-bond acceptors (Lipinski definition) is 6. The number of carboxylic acids is 2. The lowest BCUT2D eigenvalue weighted by molar-refractivity contribution is -0.141. The Balaban J connectivity index is 1.47. The Morgan fingerprint density at radius 3 is 1.21 bits per heavy atom. The molecule has 0 saturated heterocycles. The van der Waals surface area contributed by atoms with Crippen molar-refractivity contribution in [3.8, 4) is 0 Å². The van der Waals surface area contributed by atoms with Gasteiger partial charge in [0.2, 0.25) is 11.8 Å². The van der Waals surface area contributed by atoms with Crippen LogP contribution in [-0.4, -0.2) is 46.0 Å². The molecule has 198 valence electrons. The number of anilines is 2. The average Bonchev–Trinajstić information content (AvgIpc) is 2.91. The second-order valence-corrected chi connectivity index (χ2v) is 8.60. The lowest BCUT2D eigenvalue weighted by atomic mass is 10.1. The molecule has 10 heteroatoms. The fraction of sp³-hybridized carbons (Fsp3) is 0.214. The molecule has 3 rings (SSSR count). The van der Waals surface area contributed by atoms with Crippen LogP contribution in [0.2, 0.25) is 0 Å². The third-order valence-electron chi connectivity index (χ3n) is 5.62. The van der Waals surface area contributed by atoms with E-state index in [4.69, 9.17) is 0 Å². The molecule has 0 unspecified atom stereocenters. The monoisotopic (exact) mass is 518 g/mol. The van der Waals surface area contributed by atoms with Crippen LogP contribution >= 0.6 is 0 Å². The molecule has 10 nitrogen and oxygen atoms in total. The Morgan fingerprint density at radius 1 is 0.553 bits per heavy atom. The third kappa shape index (κ3) is 9.49. The molecule has 3 aromatic carbocycles. The minimum absolute atomic E-state index is 0.271. The summed E-state index contributed by atoms with van der Waals surface area (Å²) in [6.45, 7) is 0.619. The van der Waals surface area contributed by atoms with Gasteiger partial charge >= 0.3 is 11.9 Å². The standard InChI is InChI=1S/C28H30N4O6/c33-25(15-23(27(35)36)29-17-19-7-3-1-4-8-19)31-21-11-13-22(14-12-21)32-26(34)16-24(28(37)38)30-18-20-9-5-2-6-10-20/h1-14,23-24,29-30H,15-18H2,(H,31,33)(H,32,34)(H,35,36)(H,37,38)/t23-,24-/m0/s1. The van der Waals surface area contributed by atoms with Gasteiger partial charge in [-0.1, -0.05) is 60.7 Å². The number of carbonyl (C=O) groups is 4. The molecule has 0 aliphatic heterocycles. The molecule has 2 amide bonds. The van der Waals surface area contributed by atoms with Crippen molar-refractivity contribution in [3.63, 3.8) is 0 Å². The van der Waals surface area contributed by atoms with Crippen LogP contribution < -0.4 is 21.3 Å². The van der Waals surface area contributed by atoms with E-state index in [-0.39, 0.29) is 12.8 Å². The maximum Gasteiger partial charge on any atom is 0.321 e. The molecule has 3 aromatic rings. The van der Waals surface area contributed by atoms with Crippen LogP contribution in [0, 0.1) is 0 Å². The molecule has 6 N–H and O–H groups in total. The van der Waals surface area contributed by atoms with Gasteiger partial charge in [0.15, 0.2) is 0 Å². The average molecular weight is 519 g/mol. The number of benzene rings is 3. The van der Waals surface area contributed by atoms with Gasteiger partial charge in [-0.05, 0) is 35.4 Å².